The van der Waals surface area contributed by atoms with Gasteiger partial charge in [-0.15, -0.1) is 5.10 Å². The Hall–Kier alpha value is -2.18. The molecule has 86 valence electrons. The SMILES string of the molecule is [2H]C([2H])([2H])NC(=O)c1nnccc1NC(=O)N(C)C. The van der Waals surface area contributed by atoms with Gasteiger partial charge in [-0.1, -0.05) is 0 Å². The Kier molecular flexibility index (Phi) is 2.54. The lowest BCUT2D eigenvalue weighted by Gasteiger charge is -2.13. The molecule has 0 saturated carbocycles. The van der Waals surface area contributed by atoms with Gasteiger partial charge in [-0.05, 0) is 6.07 Å². The first-order valence-corrected chi connectivity index (χ1v) is 4.33. The Morgan fingerprint density at radius 2 is 2.25 bits per heavy atom. The molecule has 16 heavy (non-hydrogen) atoms. The maximum absolute atomic E-state index is 11.7. The lowest BCUT2D eigenvalue weighted by molar-refractivity contribution is 0.0958. The van der Waals surface area contributed by atoms with Crippen molar-refractivity contribution in [2.75, 3.05) is 26.4 Å². The summed E-state index contributed by atoms with van der Waals surface area (Å²) in [7, 11) is 3.04. The van der Waals surface area contributed by atoms with Gasteiger partial charge >= 0.3 is 6.03 Å². The summed E-state index contributed by atoms with van der Waals surface area (Å²) >= 11 is 0. The molecule has 0 aromatic carbocycles. The summed E-state index contributed by atoms with van der Waals surface area (Å²) in [6.45, 7) is -2.64. The van der Waals surface area contributed by atoms with E-state index in [9.17, 15) is 9.59 Å². The molecule has 0 radical (unpaired) electrons. The van der Waals surface area contributed by atoms with Gasteiger partial charge in [0.15, 0.2) is 5.69 Å². The number of carbonyl (C=O) groups excluding carboxylic acids is 2. The molecule has 0 spiro atoms. The fourth-order valence-corrected chi connectivity index (χ4v) is 0.887. The molecule has 0 aliphatic carbocycles. The summed E-state index contributed by atoms with van der Waals surface area (Å²) in [5, 5.41) is 11.2. The van der Waals surface area contributed by atoms with Crippen molar-refractivity contribution in [1.29, 1.82) is 0 Å². The molecule has 7 heteroatoms. The molecule has 0 fully saturated rings. The van der Waals surface area contributed by atoms with Crippen molar-refractivity contribution in [2.45, 2.75) is 0 Å². The molecule has 0 saturated heterocycles. The van der Waals surface area contributed by atoms with E-state index in [2.05, 4.69) is 15.5 Å². The van der Waals surface area contributed by atoms with Gasteiger partial charge in [0.05, 0.1) is 11.9 Å². The van der Waals surface area contributed by atoms with Crippen LogP contribution in [0.1, 0.15) is 14.6 Å². The molecule has 0 bridgehead atoms. The minimum atomic E-state index is -2.64. The molecule has 1 rings (SSSR count). The summed E-state index contributed by atoms with van der Waals surface area (Å²) in [6, 6.07) is 0.874. The van der Waals surface area contributed by atoms with E-state index in [1.165, 1.54) is 31.3 Å². The average molecular weight is 226 g/mol. The molecular weight excluding hydrogens is 210 g/mol. The molecule has 1 heterocycles. The average Bonchev–Trinajstić information content (AvgIpc) is 2.27. The van der Waals surface area contributed by atoms with E-state index in [4.69, 9.17) is 4.11 Å². The van der Waals surface area contributed by atoms with Gasteiger partial charge in [-0.25, -0.2) is 4.79 Å². The van der Waals surface area contributed by atoms with Crippen LogP contribution < -0.4 is 10.6 Å². The van der Waals surface area contributed by atoms with E-state index in [1.807, 2.05) is 0 Å². The second kappa shape index (κ2) is 5.06. The van der Waals surface area contributed by atoms with Crippen LogP contribution in [0.4, 0.5) is 10.5 Å². The zero-order valence-electron chi connectivity index (χ0n) is 11.8. The predicted molar refractivity (Wildman–Crippen MR) is 58.1 cm³/mol. The van der Waals surface area contributed by atoms with Crippen molar-refractivity contribution < 1.29 is 13.7 Å². The number of aromatic nitrogens is 2. The molecule has 0 unspecified atom stereocenters. The fourth-order valence-electron chi connectivity index (χ4n) is 0.887. The normalized spacial score (nSPS) is 13.0. The largest absolute Gasteiger partial charge is 0.354 e. The summed E-state index contributed by atoms with van der Waals surface area (Å²) in [6.07, 6.45) is 1.28. The first-order chi connectivity index (χ1) is 8.70. The van der Waals surface area contributed by atoms with Gasteiger partial charge in [0.2, 0.25) is 0 Å². The molecule has 7 nitrogen and oxygen atoms in total. The van der Waals surface area contributed by atoms with Crippen LogP contribution in [0.3, 0.4) is 0 Å². The highest BCUT2D eigenvalue weighted by Crippen LogP contribution is 2.10. The zero-order chi connectivity index (χ0) is 14.6. The standard InChI is InChI=1S/C9H13N5O2/c1-10-8(15)7-6(4-5-11-13-7)12-9(16)14(2)3/h4-5H,1-3H3,(H,10,15)(H,11,12,16)/i1D3. The number of amides is 3. The van der Waals surface area contributed by atoms with Crippen molar-refractivity contribution in [3.8, 4) is 0 Å². The van der Waals surface area contributed by atoms with E-state index >= 15 is 0 Å². The van der Waals surface area contributed by atoms with Crippen LogP contribution in [0, 0.1) is 0 Å². The molecule has 0 aliphatic rings. The van der Waals surface area contributed by atoms with Gasteiger partial charge < -0.3 is 15.5 Å². The van der Waals surface area contributed by atoms with Crippen LogP contribution in [-0.2, 0) is 0 Å². The van der Waals surface area contributed by atoms with E-state index in [1.54, 1.807) is 5.32 Å². The smallest absolute Gasteiger partial charge is 0.321 e. The van der Waals surface area contributed by atoms with E-state index in [0.717, 1.165) is 0 Å². The van der Waals surface area contributed by atoms with Gasteiger partial charge in [0.25, 0.3) is 5.91 Å². The number of hydrogen-bond donors (Lipinski definition) is 2. The number of urea groups is 1. The summed E-state index contributed by atoms with van der Waals surface area (Å²) in [5.41, 5.74) is -0.190. The van der Waals surface area contributed by atoms with Gasteiger partial charge in [-0.3, -0.25) is 4.79 Å². The third kappa shape index (κ3) is 2.66. The number of hydrogen-bond acceptors (Lipinski definition) is 4. The number of carbonyl (C=O) groups is 2. The maximum Gasteiger partial charge on any atom is 0.321 e. The minimum absolute atomic E-state index is 0.0791. The Morgan fingerprint density at radius 1 is 1.50 bits per heavy atom. The number of anilines is 1. The highest BCUT2D eigenvalue weighted by molar-refractivity contribution is 6.01. The van der Waals surface area contributed by atoms with Crippen molar-refractivity contribution in [3.05, 3.63) is 18.0 Å². The Balaban J connectivity index is 2.96. The topological polar surface area (TPSA) is 87.2 Å². The highest BCUT2D eigenvalue weighted by atomic mass is 16.2. The number of rotatable bonds is 2. The minimum Gasteiger partial charge on any atom is -0.354 e. The Labute approximate surface area is 97.1 Å². The molecule has 2 N–H and O–H groups in total. The maximum atomic E-state index is 11.7. The molecule has 0 aliphatic heterocycles. The van der Waals surface area contributed by atoms with Crippen LogP contribution in [-0.4, -0.2) is 48.1 Å². The number of nitrogens with one attached hydrogen (secondary N) is 2. The summed E-state index contributed by atoms with van der Waals surface area (Å²) in [4.78, 5) is 24.4. The van der Waals surface area contributed by atoms with E-state index < -0.39 is 18.9 Å². The van der Waals surface area contributed by atoms with Crippen molar-refractivity contribution >= 4 is 17.6 Å². The van der Waals surface area contributed by atoms with Crippen LogP contribution in [0.15, 0.2) is 12.3 Å². The van der Waals surface area contributed by atoms with Crippen LogP contribution >= 0.6 is 0 Å². The van der Waals surface area contributed by atoms with E-state index in [-0.39, 0.29) is 11.4 Å². The lowest BCUT2D eigenvalue weighted by atomic mass is 10.3. The third-order valence-electron chi connectivity index (χ3n) is 1.70. The molecule has 0 atom stereocenters. The second-order valence-electron chi connectivity index (χ2n) is 3.07. The fraction of sp³-hybridized carbons (Fsp3) is 0.333. The molecule has 1 aromatic rings. The quantitative estimate of drug-likeness (QED) is 0.739. The monoisotopic (exact) mass is 226 g/mol. The molecule has 1 aromatic heterocycles. The predicted octanol–water partition coefficient (Wildman–Crippen LogP) is -0.0703. The van der Waals surface area contributed by atoms with E-state index in [0.29, 0.717) is 0 Å². The lowest BCUT2D eigenvalue weighted by Crippen LogP contribution is -2.29. The molecular formula is C9H13N5O2. The Morgan fingerprint density at radius 3 is 2.88 bits per heavy atom. The third-order valence-corrected chi connectivity index (χ3v) is 1.70. The van der Waals surface area contributed by atoms with Crippen molar-refractivity contribution in [2.24, 2.45) is 0 Å². The van der Waals surface area contributed by atoms with Gasteiger partial charge in [0.1, 0.15) is 0 Å². The number of nitrogens with zero attached hydrogens (tertiary/aromatic N) is 3. The Bertz CT molecular complexity index is 489. The second-order valence-corrected chi connectivity index (χ2v) is 3.07. The zero-order valence-corrected chi connectivity index (χ0v) is 8.81. The van der Waals surface area contributed by atoms with Crippen molar-refractivity contribution in [3.63, 3.8) is 0 Å². The van der Waals surface area contributed by atoms with Crippen LogP contribution in [0.2, 0.25) is 0 Å². The molecule has 3 amide bonds. The first kappa shape index (κ1) is 8.03. The van der Waals surface area contributed by atoms with Crippen molar-refractivity contribution in [1.82, 2.24) is 20.4 Å². The van der Waals surface area contributed by atoms with Crippen LogP contribution in [0.25, 0.3) is 0 Å². The van der Waals surface area contributed by atoms with Gasteiger partial charge in [-0.2, -0.15) is 5.10 Å². The van der Waals surface area contributed by atoms with Gasteiger partial charge in [0, 0.05) is 25.2 Å². The summed E-state index contributed by atoms with van der Waals surface area (Å²) < 4.78 is 20.8. The van der Waals surface area contributed by atoms with Crippen LogP contribution in [0.5, 0.6) is 0 Å². The highest BCUT2D eigenvalue weighted by Gasteiger charge is 2.14. The summed E-state index contributed by atoms with van der Waals surface area (Å²) in [5.74, 6) is -0.942. The first-order valence-electron chi connectivity index (χ1n) is 5.83.